The number of hydrogen-bond donors (Lipinski definition) is 1. The number of anilines is 1. The van der Waals surface area contributed by atoms with Crippen LogP contribution in [0.1, 0.15) is 22.4 Å². The third-order valence-electron chi connectivity index (χ3n) is 6.48. The Morgan fingerprint density at radius 1 is 1.10 bits per heavy atom. The first kappa shape index (κ1) is 28.9. The molecule has 1 N–H and O–H groups in total. The van der Waals surface area contributed by atoms with E-state index in [9.17, 15) is 8.42 Å². The van der Waals surface area contributed by atoms with E-state index < -0.39 is 10.0 Å². The minimum atomic E-state index is -3.97. The molecule has 210 valence electrons. The Hall–Kier alpha value is -3.05. The monoisotopic (exact) mass is 574 g/mol. The van der Waals surface area contributed by atoms with Crippen LogP contribution in [0.15, 0.2) is 47.4 Å². The summed E-state index contributed by atoms with van der Waals surface area (Å²) in [5.74, 6) is 1.73. The van der Waals surface area contributed by atoms with Gasteiger partial charge in [0.2, 0.25) is 0 Å². The van der Waals surface area contributed by atoms with Gasteiger partial charge in [-0.3, -0.25) is 4.72 Å². The van der Waals surface area contributed by atoms with Crippen molar-refractivity contribution < 1.29 is 22.6 Å². The van der Waals surface area contributed by atoms with Crippen molar-refractivity contribution in [1.82, 2.24) is 14.8 Å². The molecule has 0 bridgehead atoms. The van der Waals surface area contributed by atoms with Gasteiger partial charge in [0.15, 0.2) is 23.1 Å². The summed E-state index contributed by atoms with van der Waals surface area (Å²) in [7, 11) is 3.63. The predicted octanol–water partition coefficient (Wildman–Crippen LogP) is 4.36. The molecule has 0 fully saturated rings. The molecule has 0 aliphatic carbocycles. The third kappa shape index (κ3) is 7.13. The van der Waals surface area contributed by atoms with Crippen molar-refractivity contribution in [1.29, 1.82) is 0 Å². The van der Waals surface area contributed by atoms with Gasteiger partial charge in [-0.1, -0.05) is 23.7 Å². The van der Waals surface area contributed by atoms with E-state index in [-0.39, 0.29) is 17.3 Å². The zero-order valence-electron chi connectivity index (χ0n) is 23.0. The maximum atomic E-state index is 13.4. The van der Waals surface area contributed by atoms with Gasteiger partial charge in [-0.25, -0.2) is 13.4 Å². The number of likely N-dealkylation sites (N-methyl/N-ethyl adjacent to an activating group) is 2. The Kier molecular flexibility index (Phi) is 9.22. The SMILES string of the molecule is COc1ccc(COc2cc3c(nc2NS(=O)(=O)c2cccc(Cl)c2C)CCN(C)C3)cc1OCCN(C)C. The number of fused-ring (bicyclic) bond motifs is 1. The van der Waals surface area contributed by atoms with Crippen LogP contribution in [0, 0.1) is 6.92 Å². The van der Waals surface area contributed by atoms with E-state index >= 15 is 0 Å². The summed E-state index contributed by atoms with van der Waals surface area (Å²) in [5, 5.41) is 0.374. The number of benzene rings is 2. The van der Waals surface area contributed by atoms with Crippen LogP contribution in [0.2, 0.25) is 5.02 Å². The Balaban J connectivity index is 1.62. The topological polar surface area (TPSA) is 93.2 Å². The molecule has 0 radical (unpaired) electrons. The van der Waals surface area contributed by atoms with Crippen LogP contribution in [0.25, 0.3) is 0 Å². The Morgan fingerprint density at radius 3 is 2.64 bits per heavy atom. The van der Waals surface area contributed by atoms with Crippen molar-refractivity contribution in [2.75, 3.05) is 52.7 Å². The van der Waals surface area contributed by atoms with E-state index in [1.54, 1.807) is 26.2 Å². The van der Waals surface area contributed by atoms with E-state index in [4.69, 9.17) is 30.8 Å². The average Bonchev–Trinajstić information content (AvgIpc) is 2.88. The molecule has 1 aliphatic heterocycles. The summed E-state index contributed by atoms with van der Waals surface area (Å²) in [6, 6.07) is 12.2. The molecule has 0 atom stereocenters. The number of pyridine rings is 1. The molecule has 1 aliphatic rings. The number of rotatable bonds is 11. The van der Waals surface area contributed by atoms with Gasteiger partial charge < -0.3 is 24.0 Å². The Bertz CT molecular complexity index is 1430. The number of ether oxygens (including phenoxy) is 3. The molecule has 0 saturated heterocycles. The van der Waals surface area contributed by atoms with Gasteiger partial charge in [0.25, 0.3) is 10.0 Å². The van der Waals surface area contributed by atoms with E-state index in [1.165, 1.54) is 6.07 Å². The van der Waals surface area contributed by atoms with Crippen LogP contribution in [-0.4, -0.2) is 71.2 Å². The highest BCUT2D eigenvalue weighted by atomic mass is 35.5. The van der Waals surface area contributed by atoms with Gasteiger partial charge in [0, 0.05) is 36.8 Å². The van der Waals surface area contributed by atoms with Gasteiger partial charge in [-0.2, -0.15) is 0 Å². The van der Waals surface area contributed by atoms with Crippen LogP contribution in [-0.2, 0) is 29.6 Å². The first-order valence-corrected chi connectivity index (χ1v) is 14.5. The maximum absolute atomic E-state index is 13.4. The highest BCUT2D eigenvalue weighted by Crippen LogP contribution is 2.33. The predicted molar refractivity (Wildman–Crippen MR) is 153 cm³/mol. The number of methoxy groups -OCH3 is 1. The second-order valence-electron chi connectivity index (χ2n) is 9.82. The van der Waals surface area contributed by atoms with Crippen LogP contribution in [0.5, 0.6) is 17.2 Å². The fraction of sp³-hybridized carbons (Fsp3) is 0.393. The number of hydrogen-bond acceptors (Lipinski definition) is 8. The normalized spacial score (nSPS) is 13.7. The van der Waals surface area contributed by atoms with Gasteiger partial charge in [-0.15, -0.1) is 0 Å². The molecule has 4 rings (SSSR count). The number of aromatic nitrogens is 1. The molecule has 0 unspecified atom stereocenters. The van der Waals surface area contributed by atoms with Gasteiger partial charge in [0.1, 0.15) is 13.2 Å². The van der Waals surface area contributed by atoms with Gasteiger partial charge >= 0.3 is 0 Å². The van der Waals surface area contributed by atoms with Crippen LogP contribution >= 0.6 is 11.6 Å². The second-order valence-corrected chi connectivity index (χ2v) is 11.9. The van der Waals surface area contributed by atoms with Crippen molar-refractivity contribution in [3.8, 4) is 17.2 Å². The summed E-state index contributed by atoms with van der Waals surface area (Å²) in [4.78, 5) is 9.02. The highest BCUT2D eigenvalue weighted by molar-refractivity contribution is 7.92. The summed E-state index contributed by atoms with van der Waals surface area (Å²) in [5.41, 5.74) is 3.16. The van der Waals surface area contributed by atoms with Crippen molar-refractivity contribution in [3.05, 3.63) is 69.9 Å². The molecular weight excluding hydrogens is 540 g/mol. The lowest BCUT2D eigenvalue weighted by atomic mass is 10.1. The summed E-state index contributed by atoms with van der Waals surface area (Å²) in [6.07, 6.45) is 0.711. The van der Waals surface area contributed by atoms with Crippen molar-refractivity contribution in [3.63, 3.8) is 0 Å². The molecule has 3 aromatic rings. The van der Waals surface area contributed by atoms with Crippen molar-refractivity contribution >= 4 is 27.4 Å². The van der Waals surface area contributed by atoms with Crippen LogP contribution < -0.4 is 18.9 Å². The third-order valence-corrected chi connectivity index (χ3v) is 8.38. The lowest BCUT2D eigenvalue weighted by molar-refractivity contribution is 0.249. The van der Waals surface area contributed by atoms with Crippen LogP contribution in [0.3, 0.4) is 0 Å². The van der Waals surface area contributed by atoms with E-state index in [2.05, 4.69) is 9.62 Å². The molecule has 39 heavy (non-hydrogen) atoms. The van der Waals surface area contributed by atoms with Crippen molar-refractivity contribution in [2.24, 2.45) is 0 Å². The van der Waals surface area contributed by atoms with Gasteiger partial charge in [-0.05, 0) is 75.1 Å². The zero-order chi connectivity index (χ0) is 28.2. The number of halogens is 1. The Morgan fingerprint density at radius 2 is 1.90 bits per heavy atom. The first-order valence-electron chi connectivity index (χ1n) is 12.6. The largest absolute Gasteiger partial charge is 0.493 e. The molecular formula is C28H35ClN4O5S. The summed E-state index contributed by atoms with van der Waals surface area (Å²) in [6.45, 7) is 4.65. The second kappa shape index (κ2) is 12.4. The molecule has 2 heterocycles. The van der Waals surface area contributed by atoms with E-state index in [1.807, 2.05) is 50.3 Å². The van der Waals surface area contributed by atoms with Crippen molar-refractivity contribution in [2.45, 2.75) is 31.4 Å². The van der Waals surface area contributed by atoms with Gasteiger partial charge in [0.05, 0.1) is 12.0 Å². The lowest BCUT2D eigenvalue weighted by Crippen LogP contribution is -2.28. The van der Waals surface area contributed by atoms with Crippen LogP contribution in [0.4, 0.5) is 5.82 Å². The number of sulfonamides is 1. The molecule has 11 heteroatoms. The molecule has 0 saturated carbocycles. The van der Waals surface area contributed by atoms with E-state index in [0.717, 1.165) is 29.9 Å². The molecule has 0 amide bonds. The minimum absolute atomic E-state index is 0.0925. The molecule has 0 spiro atoms. The fourth-order valence-corrected chi connectivity index (χ4v) is 5.77. The highest BCUT2D eigenvalue weighted by Gasteiger charge is 2.24. The maximum Gasteiger partial charge on any atom is 0.263 e. The fourth-order valence-electron chi connectivity index (χ4n) is 4.26. The van der Waals surface area contributed by atoms with E-state index in [0.29, 0.717) is 47.4 Å². The number of nitrogens with one attached hydrogen (secondary N) is 1. The quantitative estimate of drug-likeness (QED) is 0.361. The minimum Gasteiger partial charge on any atom is -0.493 e. The molecule has 2 aromatic carbocycles. The lowest BCUT2D eigenvalue weighted by Gasteiger charge is -2.26. The molecule has 9 nitrogen and oxygen atoms in total. The number of nitrogens with zero attached hydrogens (tertiary/aromatic N) is 3. The summed E-state index contributed by atoms with van der Waals surface area (Å²) < 4.78 is 47.0. The Labute approximate surface area is 235 Å². The summed E-state index contributed by atoms with van der Waals surface area (Å²) >= 11 is 6.20. The first-order chi connectivity index (χ1) is 18.6. The molecule has 1 aromatic heterocycles. The zero-order valence-corrected chi connectivity index (χ0v) is 24.5. The standard InChI is InChI=1S/C28H35ClN4O5S/c1-19-22(29)7-6-8-27(19)39(34,35)31-28-26(16-21-17-33(4)12-11-23(21)30-28)38-18-20-9-10-24(36-5)25(15-20)37-14-13-32(2)3/h6-10,15-16H,11-14,17-18H2,1-5H3,(H,30,31). The smallest absolute Gasteiger partial charge is 0.263 e. The average molecular weight is 575 g/mol.